The molecule has 0 aliphatic carbocycles. The highest BCUT2D eigenvalue weighted by Gasteiger charge is 2.23. The number of rotatable bonds is 4. The molecule has 0 saturated carbocycles. The van der Waals surface area contributed by atoms with E-state index in [1.165, 1.54) is 0 Å². The molecule has 0 bridgehead atoms. The first kappa shape index (κ1) is 14.4. The van der Waals surface area contributed by atoms with Crippen LogP contribution in [0.2, 0.25) is 0 Å². The first-order chi connectivity index (χ1) is 10.5. The number of nitrogens with zero attached hydrogens (tertiary/aromatic N) is 3. The van der Waals surface area contributed by atoms with E-state index in [9.17, 15) is 14.7 Å². The molecule has 3 aromatic rings. The Kier molecular flexibility index (Phi) is 3.27. The van der Waals surface area contributed by atoms with Gasteiger partial charge in [-0.3, -0.25) is 9.20 Å². The van der Waals surface area contributed by atoms with Crippen molar-refractivity contribution in [3.63, 3.8) is 0 Å². The molecule has 0 amide bonds. The molecule has 0 spiro atoms. The summed E-state index contributed by atoms with van der Waals surface area (Å²) >= 11 is 0. The molecule has 0 aliphatic rings. The van der Waals surface area contributed by atoms with Crippen molar-refractivity contribution in [2.45, 2.75) is 39.7 Å². The molecule has 7 heteroatoms. The fraction of sp³-hybridized carbons (Fsp3) is 0.400. The Bertz CT molecular complexity index is 932. The van der Waals surface area contributed by atoms with Crippen LogP contribution >= 0.6 is 0 Å². The van der Waals surface area contributed by atoms with Crippen molar-refractivity contribution in [3.05, 3.63) is 34.1 Å². The Morgan fingerprint density at radius 3 is 2.68 bits per heavy atom. The van der Waals surface area contributed by atoms with E-state index in [2.05, 4.69) is 5.10 Å². The standard InChI is InChI=1S/C15H17N3O4/c1-4-9(15(20)21)18-14(19)11-7-12-10(6-8(3)22-12)17(11)13(5-2)16-18/h6-7,9H,4-5H2,1-3H3,(H,20,21). The van der Waals surface area contributed by atoms with Gasteiger partial charge in [-0.2, -0.15) is 5.10 Å². The van der Waals surface area contributed by atoms with Crippen molar-refractivity contribution >= 4 is 22.6 Å². The van der Waals surface area contributed by atoms with Crippen LogP contribution in [-0.2, 0) is 11.2 Å². The van der Waals surface area contributed by atoms with Gasteiger partial charge in [0.25, 0.3) is 5.56 Å². The third kappa shape index (κ3) is 1.93. The number of fused-ring (bicyclic) bond motifs is 3. The van der Waals surface area contributed by atoms with E-state index in [1.807, 2.05) is 19.9 Å². The topological polar surface area (TPSA) is 89.7 Å². The van der Waals surface area contributed by atoms with Gasteiger partial charge in [-0.1, -0.05) is 13.8 Å². The molecule has 0 radical (unpaired) electrons. The molecule has 1 atom stereocenters. The second kappa shape index (κ2) is 5.01. The second-order valence-electron chi connectivity index (χ2n) is 5.25. The van der Waals surface area contributed by atoms with Gasteiger partial charge in [0.15, 0.2) is 11.6 Å². The molecule has 1 unspecified atom stereocenters. The van der Waals surface area contributed by atoms with E-state index in [0.717, 1.165) is 16.0 Å². The number of carboxylic acids is 1. The summed E-state index contributed by atoms with van der Waals surface area (Å²) in [6.07, 6.45) is 0.859. The minimum absolute atomic E-state index is 0.289. The van der Waals surface area contributed by atoms with Crippen molar-refractivity contribution in [3.8, 4) is 0 Å². The molecular weight excluding hydrogens is 286 g/mol. The number of aryl methyl sites for hydroxylation is 2. The lowest BCUT2D eigenvalue weighted by Crippen LogP contribution is -2.34. The molecule has 116 valence electrons. The zero-order valence-corrected chi connectivity index (χ0v) is 12.7. The van der Waals surface area contributed by atoms with Crippen LogP contribution in [0.4, 0.5) is 0 Å². The monoisotopic (exact) mass is 303 g/mol. The van der Waals surface area contributed by atoms with E-state index in [-0.39, 0.29) is 6.42 Å². The van der Waals surface area contributed by atoms with Crippen LogP contribution in [0.15, 0.2) is 21.3 Å². The van der Waals surface area contributed by atoms with E-state index in [0.29, 0.717) is 23.3 Å². The van der Waals surface area contributed by atoms with E-state index >= 15 is 0 Å². The molecule has 1 N–H and O–H groups in total. The summed E-state index contributed by atoms with van der Waals surface area (Å²) in [5.41, 5.74) is 1.35. The normalized spacial score (nSPS) is 13.0. The lowest BCUT2D eigenvalue weighted by Gasteiger charge is -2.14. The van der Waals surface area contributed by atoms with Crippen LogP contribution in [0.3, 0.4) is 0 Å². The lowest BCUT2D eigenvalue weighted by atomic mass is 10.2. The number of aliphatic carboxylic acids is 1. The van der Waals surface area contributed by atoms with Gasteiger partial charge >= 0.3 is 5.97 Å². The predicted molar refractivity (Wildman–Crippen MR) is 80.3 cm³/mol. The number of hydrogen-bond acceptors (Lipinski definition) is 4. The van der Waals surface area contributed by atoms with Crippen LogP contribution in [-0.4, -0.2) is 25.3 Å². The Morgan fingerprint density at radius 1 is 1.36 bits per heavy atom. The molecule has 22 heavy (non-hydrogen) atoms. The van der Waals surface area contributed by atoms with Crippen LogP contribution in [0, 0.1) is 6.92 Å². The SMILES string of the molecule is CCc1nn(C(CC)C(=O)O)c(=O)c2cc3oc(C)cc3n12. The Labute approximate surface area is 125 Å². The van der Waals surface area contributed by atoms with Gasteiger partial charge in [0, 0.05) is 18.6 Å². The van der Waals surface area contributed by atoms with E-state index < -0.39 is 17.6 Å². The molecule has 7 nitrogen and oxygen atoms in total. The maximum Gasteiger partial charge on any atom is 0.328 e. The Morgan fingerprint density at radius 2 is 2.09 bits per heavy atom. The summed E-state index contributed by atoms with van der Waals surface area (Å²) in [5, 5.41) is 13.6. The Balaban J connectivity index is 2.41. The summed E-state index contributed by atoms with van der Waals surface area (Å²) in [4.78, 5) is 24.0. The first-order valence-electron chi connectivity index (χ1n) is 7.24. The van der Waals surface area contributed by atoms with Crippen LogP contribution in [0.1, 0.15) is 37.9 Å². The fourth-order valence-corrected chi connectivity index (χ4v) is 2.78. The summed E-state index contributed by atoms with van der Waals surface area (Å²) < 4.78 is 8.39. The number of aromatic nitrogens is 3. The molecule has 3 aromatic heterocycles. The van der Waals surface area contributed by atoms with E-state index in [4.69, 9.17) is 4.42 Å². The highest BCUT2D eigenvalue weighted by molar-refractivity contribution is 5.83. The predicted octanol–water partition coefficient (Wildman–Crippen LogP) is 2.15. The largest absolute Gasteiger partial charge is 0.480 e. The molecule has 3 heterocycles. The average Bonchev–Trinajstić information content (AvgIpc) is 2.98. The van der Waals surface area contributed by atoms with Crippen LogP contribution in [0.25, 0.3) is 16.6 Å². The second-order valence-corrected chi connectivity index (χ2v) is 5.25. The maximum absolute atomic E-state index is 12.6. The maximum atomic E-state index is 12.6. The molecule has 0 saturated heterocycles. The van der Waals surface area contributed by atoms with Gasteiger partial charge in [-0.15, -0.1) is 0 Å². The molecule has 3 rings (SSSR count). The summed E-state index contributed by atoms with van der Waals surface area (Å²) in [6.45, 7) is 5.47. The van der Waals surface area contributed by atoms with Crippen LogP contribution < -0.4 is 5.56 Å². The van der Waals surface area contributed by atoms with Gasteiger partial charge in [-0.25, -0.2) is 9.48 Å². The fourth-order valence-electron chi connectivity index (χ4n) is 2.78. The third-order valence-electron chi connectivity index (χ3n) is 3.80. The molecular formula is C15H17N3O4. The minimum atomic E-state index is -1.06. The number of carboxylic acid groups (broad SMARTS) is 1. The van der Waals surface area contributed by atoms with E-state index in [1.54, 1.807) is 17.4 Å². The molecule has 0 aliphatic heterocycles. The van der Waals surface area contributed by atoms with Gasteiger partial charge in [0.05, 0.1) is 5.52 Å². The van der Waals surface area contributed by atoms with Crippen molar-refractivity contribution in [2.24, 2.45) is 0 Å². The van der Waals surface area contributed by atoms with Crippen molar-refractivity contribution in [1.82, 2.24) is 14.2 Å². The van der Waals surface area contributed by atoms with Crippen LogP contribution in [0.5, 0.6) is 0 Å². The highest BCUT2D eigenvalue weighted by Crippen LogP contribution is 2.23. The van der Waals surface area contributed by atoms with Crippen molar-refractivity contribution < 1.29 is 14.3 Å². The van der Waals surface area contributed by atoms with Crippen molar-refractivity contribution in [2.75, 3.05) is 0 Å². The third-order valence-corrected chi connectivity index (χ3v) is 3.80. The quantitative estimate of drug-likeness (QED) is 0.797. The number of hydrogen-bond donors (Lipinski definition) is 1. The summed E-state index contributed by atoms with van der Waals surface area (Å²) in [6, 6.07) is 2.53. The number of carbonyl (C=O) groups is 1. The Hall–Kier alpha value is -2.57. The van der Waals surface area contributed by atoms with Gasteiger partial charge in [0.1, 0.15) is 17.1 Å². The minimum Gasteiger partial charge on any atom is -0.480 e. The lowest BCUT2D eigenvalue weighted by molar-refractivity contribution is -0.141. The number of furan rings is 1. The molecule has 0 fully saturated rings. The van der Waals surface area contributed by atoms with Crippen molar-refractivity contribution in [1.29, 1.82) is 0 Å². The smallest absolute Gasteiger partial charge is 0.328 e. The van der Waals surface area contributed by atoms with Gasteiger partial charge in [0.2, 0.25) is 0 Å². The summed E-state index contributed by atoms with van der Waals surface area (Å²) in [7, 11) is 0. The van der Waals surface area contributed by atoms with Gasteiger partial charge < -0.3 is 9.52 Å². The zero-order valence-electron chi connectivity index (χ0n) is 12.7. The first-order valence-corrected chi connectivity index (χ1v) is 7.24. The average molecular weight is 303 g/mol. The van der Waals surface area contributed by atoms with Gasteiger partial charge in [-0.05, 0) is 13.3 Å². The molecule has 0 aromatic carbocycles. The zero-order chi connectivity index (χ0) is 16.0. The highest BCUT2D eigenvalue weighted by atomic mass is 16.4. The summed E-state index contributed by atoms with van der Waals surface area (Å²) in [5.74, 6) is 0.322.